The predicted molar refractivity (Wildman–Crippen MR) is 87.9 cm³/mol. The van der Waals surface area contributed by atoms with E-state index in [2.05, 4.69) is 4.98 Å². The van der Waals surface area contributed by atoms with Gasteiger partial charge in [0.1, 0.15) is 17.4 Å². The van der Waals surface area contributed by atoms with Gasteiger partial charge in [-0.3, -0.25) is 4.89 Å². The van der Waals surface area contributed by atoms with Gasteiger partial charge < -0.3 is 9.15 Å². The van der Waals surface area contributed by atoms with Crippen LogP contribution in [0.15, 0.2) is 22.6 Å². The van der Waals surface area contributed by atoms with Crippen LogP contribution in [0.25, 0.3) is 11.1 Å². The Morgan fingerprint density at radius 1 is 1.12 bits per heavy atom. The molecule has 0 aliphatic heterocycles. The lowest BCUT2D eigenvalue weighted by Crippen LogP contribution is -2.49. The highest BCUT2D eigenvalue weighted by Gasteiger charge is 2.50. The summed E-state index contributed by atoms with van der Waals surface area (Å²) in [4.78, 5) is 27.2. The van der Waals surface area contributed by atoms with Crippen molar-refractivity contribution in [2.45, 2.75) is 38.2 Å². The smallest absolute Gasteiger partial charge is 0.427 e. The van der Waals surface area contributed by atoms with Crippen LogP contribution in [0.2, 0.25) is 0 Å². The molecule has 0 amide bonds. The van der Waals surface area contributed by atoms with Crippen LogP contribution in [0.3, 0.4) is 0 Å². The van der Waals surface area contributed by atoms with Gasteiger partial charge >= 0.3 is 11.9 Å². The summed E-state index contributed by atoms with van der Waals surface area (Å²) in [6.45, 7) is 0. The molecule has 4 bridgehead atoms. The van der Waals surface area contributed by atoms with E-state index >= 15 is 0 Å². The normalized spacial score (nSPS) is 32.9. The minimum atomic E-state index is -0.677. The topological polar surface area (TPSA) is 70.8 Å². The van der Waals surface area contributed by atoms with Crippen molar-refractivity contribution in [2.24, 2.45) is 23.7 Å². The Morgan fingerprint density at radius 2 is 1.84 bits per heavy atom. The van der Waals surface area contributed by atoms with E-state index in [9.17, 15) is 4.79 Å². The van der Waals surface area contributed by atoms with Crippen LogP contribution in [-0.2, 0) is 9.78 Å². The summed E-state index contributed by atoms with van der Waals surface area (Å²) in [5.41, 5.74) is 1.07. The van der Waals surface area contributed by atoms with Crippen LogP contribution in [0, 0.1) is 23.7 Å². The molecule has 0 N–H and O–H groups in total. The molecule has 132 valence electrons. The van der Waals surface area contributed by atoms with Crippen molar-refractivity contribution in [3.63, 3.8) is 0 Å². The molecule has 0 spiro atoms. The SMILES string of the molecule is COc1ccc2nc(C(=O)OOC3C4CC5CC(C4)CC3C5)oc2c1. The average Bonchev–Trinajstić information content (AvgIpc) is 3.03. The van der Waals surface area contributed by atoms with Crippen molar-refractivity contribution in [3.05, 3.63) is 24.1 Å². The van der Waals surface area contributed by atoms with Crippen LogP contribution in [-0.4, -0.2) is 24.2 Å². The first-order valence-electron chi connectivity index (χ1n) is 9.02. The fourth-order valence-electron chi connectivity index (χ4n) is 5.29. The van der Waals surface area contributed by atoms with Gasteiger partial charge in [-0.2, -0.15) is 4.89 Å². The molecule has 0 radical (unpaired) electrons. The van der Waals surface area contributed by atoms with Gasteiger partial charge in [-0.05, 0) is 67.9 Å². The molecule has 1 heterocycles. The van der Waals surface area contributed by atoms with E-state index in [1.54, 1.807) is 25.3 Å². The van der Waals surface area contributed by atoms with E-state index in [0.29, 0.717) is 28.7 Å². The molecule has 4 aliphatic rings. The summed E-state index contributed by atoms with van der Waals surface area (Å²) in [6, 6.07) is 5.20. The lowest BCUT2D eigenvalue weighted by molar-refractivity contribution is -0.318. The predicted octanol–water partition coefficient (Wildman–Crippen LogP) is 3.75. The van der Waals surface area contributed by atoms with E-state index < -0.39 is 5.97 Å². The fourth-order valence-corrected chi connectivity index (χ4v) is 5.29. The van der Waals surface area contributed by atoms with Gasteiger partial charge in [0, 0.05) is 6.07 Å². The number of nitrogens with zero attached hydrogens (tertiary/aromatic N) is 1. The zero-order chi connectivity index (χ0) is 17.0. The highest BCUT2D eigenvalue weighted by atomic mass is 17.2. The summed E-state index contributed by atoms with van der Waals surface area (Å²) in [5, 5.41) is 0. The Bertz CT molecular complexity index is 785. The maximum atomic E-state index is 12.3. The summed E-state index contributed by atoms with van der Waals surface area (Å²) in [7, 11) is 1.57. The van der Waals surface area contributed by atoms with E-state index in [4.69, 9.17) is 18.9 Å². The molecule has 0 saturated heterocycles. The lowest BCUT2D eigenvalue weighted by Gasteiger charge is -2.52. The third kappa shape index (κ3) is 2.59. The number of aromatic nitrogens is 1. The maximum Gasteiger partial charge on any atom is 0.427 e. The standard InChI is InChI=1S/C19H21NO5/c1-22-14-2-3-15-16(9-14)23-18(20-15)19(21)25-24-17-12-5-10-4-11(7-12)8-13(17)6-10/h2-3,9-13,17H,4-8H2,1H3. The first-order chi connectivity index (χ1) is 12.2. The molecule has 0 atom stereocenters. The molecule has 1 aromatic heterocycles. The van der Waals surface area contributed by atoms with Crippen molar-refractivity contribution < 1.29 is 23.7 Å². The average molecular weight is 343 g/mol. The summed E-state index contributed by atoms with van der Waals surface area (Å²) >= 11 is 0. The quantitative estimate of drug-likeness (QED) is 0.622. The van der Waals surface area contributed by atoms with Gasteiger partial charge in [-0.25, -0.2) is 9.78 Å². The largest absolute Gasteiger partial charge is 0.497 e. The molecule has 4 aliphatic carbocycles. The molecule has 2 aromatic rings. The minimum absolute atomic E-state index is 0.0289. The number of benzene rings is 1. The highest BCUT2D eigenvalue weighted by Crippen LogP contribution is 2.54. The molecule has 25 heavy (non-hydrogen) atoms. The number of carbonyl (C=O) groups is 1. The summed E-state index contributed by atoms with van der Waals surface area (Å²) < 4.78 is 10.6. The van der Waals surface area contributed by atoms with Gasteiger partial charge in [0.2, 0.25) is 0 Å². The number of hydrogen-bond donors (Lipinski definition) is 0. The third-order valence-electron chi connectivity index (χ3n) is 6.15. The zero-order valence-electron chi connectivity index (χ0n) is 14.1. The molecule has 4 saturated carbocycles. The van der Waals surface area contributed by atoms with Crippen LogP contribution >= 0.6 is 0 Å². The zero-order valence-corrected chi connectivity index (χ0v) is 14.1. The monoisotopic (exact) mass is 343 g/mol. The minimum Gasteiger partial charge on any atom is -0.497 e. The molecule has 0 unspecified atom stereocenters. The maximum absolute atomic E-state index is 12.3. The molecule has 6 rings (SSSR count). The van der Waals surface area contributed by atoms with Gasteiger partial charge in [0.25, 0.3) is 0 Å². The number of hydrogen-bond acceptors (Lipinski definition) is 6. The Balaban J connectivity index is 1.28. The molecule has 6 nitrogen and oxygen atoms in total. The van der Waals surface area contributed by atoms with E-state index in [1.165, 1.54) is 32.1 Å². The summed E-state index contributed by atoms with van der Waals surface area (Å²) in [5.74, 6) is 2.63. The van der Waals surface area contributed by atoms with E-state index in [-0.39, 0.29) is 12.0 Å². The first kappa shape index (κ1) is 15.2. The molecule has 6 heteroatoms. The lowest BCUT2D eigenvalue weighted by atomic mass is 9.55. The molecular formula is C19H21NO5. The number of ether oxygens (including phenoxy) is 1. The number of rotatable bonds is 4. The van der Waals surface area contributed by atoms with Crippen LogP contribution in [0.5, 0.6) is 5.75 Å². The van der Waals surface area contributed by atoms with E-state index in [1.807, 2.05) is 0 Å². The van der Waals surface area contributed by atoms with Crippen molar-refractivity contribution >= 4 is 17.1 Å². The molecular weight excluding hydrogens is 322 g/mol. The van der Waals surface area contributed by atoms with Crippen LogP contribution in [0.1, 0.15) is 42.8 Å². The van der Waals surface area contributed by atoms with Gasteiger partial charge in [-0.1, -0.05) is 0 Å². The number of oxazole rings is 1. The second-order valence-electron chi connectivity index (χ2n) is 7.72. The molecule has 1 aromatic carbocycles. The van der Waals surface area contributed by atoms with Crippen molar-refractivity contribution in [3.8, 4) is 5.75 Å². The molecule has 4 fully saturated rings. The number of fused-ring (bicyclic) bond motifs is 1. The van der Waals surface area contributed by atoms with Crippen molar-refractivity contribution in [2.75, 3.05) is 7.11 Å². The van der Waals surface area contributed by atoms with Crippen molar-refractivity contribution in [1.29, 1.82) is 0 Å². The Morgan fingerprint density at radius 3 is 2.52 bits per heavy atom. The number of methoxy groups -OCH3 is 1. The first-order valence-corrected chi connectivity index (χ1v) is 9.02. The highest BCUT2D eigenvalue weighted by molar-refractivity contribution is 5.88. The van der Waals surface area contributed by atoms with Crippen LogP contribution < -0.4 is 4.74 Å². The van der Waals surface area contributed by atoms with Crippen LogP contribution in [0.4, 0.5) is 0 Å². The van der Waals surface area contributed by atoms with Gasteiger partial charge in [0.05, 0.1) is 7.11 Å². The van der Waals surface area contributed by atoms with Gasteiger partial charge in [-0.15, -0.1) is 0 Å². The Hall–Kier alpha value is -2.08. The van der Waals surface area contributed by atoms with Crippen molar-refractivity contribution in [1.82, 2.24) is 4.98 Å². The Kier molecular flexibility index (Phi) is 3.48. The van der Waals surface area contributed by atoms with Gasteiger partial charge in [0.15, 0.2) is 5.58 Å². The number of carbonyl (C=O) groups excluding carboxylic acids is 1. The second kappa shape index (κ2) is 5.73. The fraction of sp³-hybridized carbons (Fsp3) is 0.579. The Labute approximate surface area is 145 Å². The second-order valence-corrected chi connectivity index (χ2v) is 7.72. The third-order valence-corrected chi connectivity index (χ3v) is 6.15. The van der Waals surface area contributed by atoms with E-state index in [0.717, 1.165) is 11.8 Å². The summed E-state index contributed by atoms with van der Waals surface area (Å²) in [6.07, 6.45) is 6.23.